The Balaban J connectivity index is 2.52. The van der Waals surface area contributed by atoms with Crippen LogP contribution in [0.5, 0.6) is 0 Å². The predicted octanol–water partition coefficient (Wildman–Crippen LogP) is 3.50. The summed E-state index contributed by atoms with van der Waals surface area (Å²) in [5.74, 6) is -1.28. The Hall–Kier alpha value is -2.16. The number of hydrogen-bond donors (Lipinski definition) is 1. The summed E-state index contributed by atoms with van der Waals surface area (Å²) >= 11 is 0. The highest BCUT2D eigenvalue weighted by atomic mass is 19.1. The van der Waals surface area contributed by atoms with E-state index < -0.39 is 5.97 Å². The summed E-state index contributed by atoms with van der Waals surface area (Å²) in [6.45, 7) is 1.70. The molecule has 0 saturated carbocycles. The van der Waals surface area contributed by atoms with E-state index in [0.29, 0.717) is 16.7 Å². The third-order valence-electron chi connectivity index (χ3n) is 2.64. The smallest absolute Gasteiger partial charge is 0.335 e. The van der Waals surface area contributed by atoms with Gasteiger partial charge in [-0.1, -0.05) is 30.3 Å². The van der Waals surface area contributed by atoms with Crippen LogP contribution in [0.3, 0.4) is 0 Å². The second-order valence-corrected chi connectivity index (χ2v) is 3.81. The highest BCUT2D eigenvalue weighted by molar-refractivity contribution is 5.90. The molecule has 0 unspecified atom stereocenters. The summed E-state index contributed by atoms with van der Waals surface area (Å²) in [4.78, 5) is 10.9. The normalized spacial score (nSPS) is 10.2. The quantitative estimate of drug-likeness (QED) is 0.857. The van der Waals surface area contributed by atoms with Gasteiger partial charge in [-0.25, -0.2) is 9.18 Å². The maximum atomic E-state index is 13.5. The minimum atomic E-state index is -0.970. The van der Waals surface area contributed by atoms with E-state index in [-0.39, 0.29) is 11.4 Å². The van der Waals surface area contributed by atoms with E-state index in [4.69, 9.17) is 5.11 Å². The zero-order valence-electron chi connectivity index (χ0n) is 9.27. The van der Waals surface area contributed by atoms with Gasteiger partial charge in [-0.05, 0) is 30.2 Å². The molecule has 0 saturated heterocycles. The third-order valence-corrected chi connectivity index (χ3v) is 2.64. The van der Waals surface area contributed by atoms with Crippen LogP contribution in [-0.4, -0.2) is 11.1 Å². The number of carbonyl (C=O) groups is 1. The first-order valence-corrected chi connectivity index (χ1v) is 5.18. The minimum Gasteiger partial charge on any atom is -0.478 e. The number of carboxylic acids is 1. The van der Waals surface area contributed by atoms with Crippen molar-refractivity contribution in [2.45, 2.75) is 6.92 Å². The van der Waals surface area contributed by atoms with Crippen molar-refractivity contribution in [2.75, 3.05) is 0 Å². The lowest BCUT2D eigenvalue weighted by molar-refractivity contribution is 0.0696. The molecule has 0 radical (unpaired) electrons. The van der Waals surface area contributed by atoms with E-state index >= 15 is 0 Å². The molecule has 3 heteroatoms. The molecule has 2 aromatic rings. The number of aromatic carboxylic acids is 1. The van der Waals surface area contributed by atoms with Crippen LogP contribution in [0.4, 0.5) is 4.39 Å². The summed E-state index contributed by atoms with van der Waals surface area (Å²) < 4.78 is 13.5. The van der Waals surface area contributed by atoms with E-state index in [0.717, 1.165) is 0 Å². The van der Waals surface area contributed by atoms with Gasteiger partial charge in [-0.2, -0.15) is 0 Å². The summed E-state index contributed by atoms with van der Waals surface area (Å²) in [6.07, 6.45) is 0. The van der Waals surface area contributed by atoms with Crippen LogP contribution in [-0.2, 0) is 0 Å². The Morgan fingerprint density at radius 2 is 1.88 bits per heavy atom. The molecule has 0 aromatic heterocycles. The lowest BCUT2D eigenvalue weighted by Crippen LogP contribution is -1.99. The first-order valence-electron chi connectivity index (χ1n) is 5.18. The maximum absolute atomic E-state index is 13.5. The Morgan fingerprint density at radius 1 is 1.18 bits per heavy atom. The number of hydrogen-bond acceptors (Lipinski definition) is 1. The Labute approximate surface area is 98.3 Å². The topological polar surface area (TPSA) is 37.3 Å². The van der Waals surface area contributed by atoms with Gasteiger partial charge in [0.25, 0.3) is 0 Å². The molecule has 0 bridgehead atoms. The molecule has 0 aliphatic heterocycles. The van der Waals surface area contributed by atoms with Crippen LogP contribution in [0.15, 0.2) is 42.5 Å². The molecule has 1 N–H and O–H groups in total. The molecular formula is C14H11FO2. The first-order chi connectivity index (χ1) is 8.09. The Morgan fingerprint density at radius 3 is 2.47 bits per heavy atom. The lowest BCUT2D eigenvalue weighted by atomic mass is 9.99. The van der Waals surface area contributed by atoms with Gasteiger partial charge in [0.05, 0.1) is 5.56 Å². The summed E-state index contributed by atoms with van der Waals surface area (Å²) in [7, 11) is 0. The number of carboxylic acid groups (broad SMARTS) is 1. The van der Waals surface area contributed by atoms with Crippen molar-refractivity contribution in [3.05, 3.63) is 59.4 Å². The van der Waals surface area contributed by atoms with Gasteiger partial charge < -0.3 is 5.11 Å². The molecular weight excluding hydrogens is 219 g/mol. The molecule has 2 rings (SSSR count). The van der Waals surface area contributed by atoms with Gasteiger partial charge in [0.2, 0.25) is 0 Å². The molecule has 2 nitrogen and oxygen atoms in total. The van der Waals surface area contributed by atoms with Crippen LogP contribution in [0, 0.1) is 12.7 Å². The fourth-order valence-electron chi connectivity index (χ4n) is 1.77. The zero-order chi connectivity index (χ0) is 12.4. The molecule has 0 heterocycles. The van der Waals surface area contributed by atoms with E-state index in [1.807, 2.05) is 0 Å². The highest BCUT2D eigenvalue weighted by Crippen LogP contribution is 2.24. The first kappa shape index (κ1) is 11.3. The van der Waals surface area contributed by atoms with Gasteiger partial charge in [0.15, 0.2) is 0 Å². The maximum Gasteiger partial charge on any atom is 0.335 e. The van der Waals surface area contributed by atoms with Gasteiger partial charge in [-0.15, -0.1) is 0 Å². The van der Waals surface area contributed by atoms with Crippen molar-refractivity contribution in [3.63, 3.8) is 0 Å². The van der Waals surface area contributed by atoms with Gasteiger partial charge >= 0.3 is 5.97 Å². The van der Waals surface area contributed by atoms with Crippen molar-refractivity contribution >= 4 is 5.97 Å². The number of aryl methyl sites for hydroxylation is 1. The molecule has 2 aromatic carbocycles. The molecule has 0 aliphatic rings. The number of benzene rings is 2. The van der Waals surface area contributed by atoms with E-state index in [1.165, 1.54) is 12.1 Å². The molecule has 0 aliphatic carbocycles. The average molecular weight is 230 g/mol. The monoisotopic (exact) mass is 230 g/mol. The molecule has 0 atom stereocenters. The van der Waals surface area contributed by atoms with E-state index in [2.05, 4.69) is 0 Å². The molecule has 0 fully saturated rings. The van der Waals surface area contributed by atoms with Gasteiger partial charge in [0.1, 0.15) is 5.82 Å². The van der Waals surface area contributed by atoms with Gasteiger partial charge in [-0.3, -0.25) is 0 Å². The second kappa shape index (κ2) is 4.37. The zero-order valence-corrected chi connectivity index (χ0v) is 9.27. The lowest BCUT2D eigenvalue weighted by Gasteiger charge is -2.06. The van der Waals surface area contributed by atoms with Crippen LogP contribution in [0.2, 0.25) is 0 Å². The van der Waals surface area contributed by atoms with E-state index in [9.17, 15) is 9.18 Å². The van der Waals surface area contributed by atoms with Crippen molar-refractivity contribution in [3.8, 4) is 11.1 Å². The van der Waals surface area contributed by atoms with Crippen molar-refractivity contribution < 1.29 is 14.3 Å². The summed E-state index contributed by atoms with van der Waals surface area (Å²) in [5, 5.41) is 8.91. The number of rotatable bonds is 2. The standard InChI is InChI=1S/C14H11FO2/c1-9-8-10(6-7-11(9)14(16)17)12-4-2-3-5-13(12)15/h2-8H,1H3,(H,16,17). The largest absolute Gasteiger partial charge is 0.478 e. The van der Waals surface area contributed by atoms with Crippen LogP contribution >= 0.6 is 0 Å². The number of halogens is 1. The van der Waals surface area contributed by atoms with Crippen molar-refractivity contribution in [1.82, 2.24) is 0 Å². The van der Waals surface area contributed by atoms with Crippen molar-refractivity contribution in [2.24, 2.45) is 0 Å². The predicted molar refractivity (Wildman–Crippen MR) is 63.5 cm³/mol. The average Bonchev–Trinajstić information content (AvgIpc) is 2.29. The molecule has 86 valence electrons. The fourth-order valence-corrected chi connectivity index (χ4v) is 1.77. The minimum absolute atomic E-state index is 0.241. The molecule has 17 heavy (non-hydrogen) atoms. The second-order valence-electron chi connectivity index (χ2n) is 3.81. The highest BCUT2D eigenvalue weighted by Gasteiger charge is 2.09. The van der Waals surface area contributed by atoms with E-state index in [1.54, 1.807) is 37.3 Å². The van der Waals surface area contributed by atoms with Crippen LogP contribution < -0.4 is 0 Å². The summed E-state index contributed by atoms with van der Waals surface area (Å²) in [5.41, 5.74) is 2.03. The SMILES string of the molecule is Cc1cc(-c2ccccc2F)ccc1C(=O)O. The van der Waals surface area contributed by atoms with Crippen molar-refractivity contribution in [1.29, 1.82) is 0 Å². The Bertz CT molecular complexity index is 576. The molecule has 0 amide bonds. The third kappa shape index (κ3) is 2.18. The van der Waals surface area contributed by atoms with Gasteiger partial charge in [0, 0.05) is 5.56 Å². The summed E-state index contributed by atoms with van der Waals surface area (Å²) in [6, 6.07) is 11.2. The fraction of sp³-hybridized carbons (Fsp3) is 0.0714. The van der Waals surface area contributed by atoms with Crippen LogP contribution in [0.25, 0.3) is 11.1 Å². The van der Waals surface area contributed by atoms with Crippen LogP contribution in [0.1, 0.15) is 15.9 Å². The molecule has 0 spiro atoms. The Kier molecular flexibility index (Phi) is 2.91.